The molecule has 1 saturated heterocycles. The van der Waals surface area contributed by atoms with E-state index in [4.69, 9.17) is 4.74 Å². The molecule has 2 atom stereocenters. The Balaban J connectivity index is 1.26. The highest BCUT2D eigenvalue weighted by Crippen LogP contribution is 2.37. The standard InChI is InChI=1S/C28H33N3O4/c32-26(29-20-15-17-23(18-16-20)35-22-11-5-2-6-12-22)19-30-25-14-8-7-13-24(25)27(33)31(28(30)34)21-9-3-1-4-10-21/h2,5-6,11-12,15-18,21,24-25H,1,3-4,7-10,13-14,19H2,(H,29,32). The third-order valence-electron chi connectivity index (χ3n) is 7.51. The number of rotatable bonds is 6. The number of hydrogen-bond donors (Lipinski definition) is 1. The van der Waals surface area contributed by atoms with Crippen LogP contribution in [0.15, 0.2) is 54.6 Å². The normalized spacial score (nSPS) is 23.1. The summed E-state index contributed by atoms with van der Waals surface area (Å²) < 4.78 is 5.81. The zero-order valence-corrected chi connectivity index (χ0v) is 20.0. The minimum absolute atomic E-state index is 0.0164. The lowest BCUT2D eigenvalue weighted by molar-refractivity contribution is -0.144. The van der Waals surface area contributed by atoms with E-state index in [1.54, 1.807) is 29.2 Å². The van der Waals surface area contributed by atoms with Crippen LogP contribution < -0.4 is 10.1 Å². The zero-order valence-electron chi connectivity index (χ0n) is 20.0. The van der Waals surface area contributed by atoms with Crippen LogP contribution in [0.5, 0.6) is 11.5 Å². The van der Waals surface area contributed by atoms with Gasteiger partial charge in [0.1, 0.15) is 18.0 Å². The van der Waals surface area contributed by atoms with E-state index in [0.29, 0.717) is 11.4 Å². The summed E-state index contributed by atoms with van der Waals surface area (Å²) in [4.78, 5) is 43.0. The van der Waals surface area contributed by atoms with Gasteiger partial charge in [0.2, 0.25) is 11.8 Å². The molecule has 5 rings (SSSR count). The van der Waals surface area contributed by atoms with Crippen molar-refractivity contribution in [2.75, 3.05) is 11.9 Å². The maximum Gasteiger partial charge on any atom is 0.327 e. The third-order valence-corrected chi connectivity index (χ3v) is 7.51. The van der Waals surface area contributed by atoms with E-state index in [-0.39, 0.29) is 42.4 Å². The van der Waals surface area contributed by atoms with E-state index in [9.17, 15) is 14.4 Å². The highest BCUT2D eigenvalue weighted by atomic mass is 16.5. The van der Waals surface area contributed by atoms with Gasteiger partial charge in [0.25, 0.3) is 0 Å². The molecule has 0 aromatic heterocycles. The monoisotopic (exact) mass is 475 g/mol. The summed E-state index contributed by atoms with van der Waals surface area (Å²) in [7, 11) is 0. The predicted octanol–water partition coefficient (Wildman–Crippen LogP) is 5.57. The number of carbonyl (C=O) groups is 3. The largest absolute Gasteiger partial charge is 0.457 e. The van der Waals surface area contributed by atoms with Gasteiger partial charge in [0.05, 0.1) is 5.92 Å². The molecule has 0 bridgehead atoms. The molecule has 2 aromatic rings. The molecular formula is C28H33N3O4. The number of anilines is 1. The first-order valence-corrected chi connectivity index (χ1v) is 12.9. The predicted molar refractivity (Wildman–Crippen MR) is 133 cm³/mol. The second-order valence-corrected chi connectivity index (χ2v) is 9.86. The van der Waals surface area contributed by atoms with E-state index < -0.39 is 0 Å². The average molecular weight is 476 g/mol. The Labute approximate surface area is 206 Å². The number of ether oxygens (including phenoxy) is 1. The molecule has 1 aliphatic heterocycles. The van der Waals surface area contributed by atoms with Crippen LogP contribution in [0.2, 0.25) is 0 Å². The van der Waals surface area contributed by atoms with Crippen LogP contribution in [-0.2, 0) is 9.59 Å². The van der Waals surface area contributed by atoms with Gasteiger partial charge in [-0.1, -0.05) is 50.3 Å². The first-order chi connectivity index (χ1) is 17.1. The number of nitrogens with zero attached hydrogens (tertiary/aromatic N) is 2. The second kappa shape index (κ2) is 10.5. The van der Waals surface area contributed by atoms with Crippen molar-refractivity contribution in [2.24, 2.45) is 5.92 Å². The van der Waals surface area contributed by atoms with Gasteiger partial charge in [-0.3, -0.25) is 14.5 Å². The van der Waals surface area contributed by atoms with E-state index in [1.165, 1.54) is 4.90 Å². The Bertz CT molecular complexity index is 1050. The van der Waals surface area contributed by atoms with Crippen LogP contribution in [0.4, 0.5) is 10.5 Å². The summed E-state index contributed by atoms with van der Waals surface area (Å²) in [6.07, 6.45) is 8.52. The molecule has 1 N–H and O–H groups in total. The number of hydrogen-bond acceptors (Lipinski definition) is 4. The lowest BCUT2D eigenvalue weighted by Crippen LogP contribution is -2.65. The van der Waals surface area contributed by atoms with Gasteiger partial charge in [-0.05, 0) is 62.1 Å². The fourth-order valence-electron chi connectivity index (χ4n) is 5.77. The smallest absolute Gasteiger partial charge is 0.327 e. The molecule has 35 heavy (non-hydrogen) atoms. The van der Waals surface area contributed by atoms with Crippen LogP contribution in [-0.4, -0.2) is 46.3 Å². The molecule has 0 radical (unpaired) electrons. The number of benzene rings is 2. The van der Waals surface area contributed by atoms with Crippen LogP contribution in [0.25, 0.3) is 0 Å². The summed E-state index contributed by atoms with van der Waals surface area (Å²) >= 11 is 0. The number of imide groups is 1. The number of para-hydroxylation sites is 1. The van der Waals surface area contributed by atoms with Crippen molar-refractivity contribution in [3.8, 4) is 11.5 Å². The molecule has 2 unspecified atom stereocenters. The maximum absolute atomic E-state index is 13.5. The van der Waals surface area contributed by atoms with Crippen molar-refractivity contribution in [2.45, 2.75) is 69.9 Å². The number of amides is 4. The van der Waals surface area contributed by atoms with Gasteiger partial charge < -0.3 is 15.0 Å². The van der Waals surface area contributed by atoms with Crippen molar-refractivity contribution >= 4 is 23.5 Å². The van der Waals surface area contributed by atoms with E-state index in [0.717, 1.165) is 63.5 Å². The van der Waals surface area contributed by atoms with E-state index in [2.05, 4.69) is 5.32 Å². The van der Waals surface area contributed by atoms with Gasteiger partial charge in [0.15, 0.2) is 0 Å². The lowest BCUT2D eigenvalue weighted by atomic mass is 9.80. The fraction of sp³-hybridized carbons (Fsp3) is 0.464. The Morgan fingerprint density at radius 3 is 2.23 bits per heavy atom. The zero-order chi connectivity index (χ0) is 24.2. The minimum Gasteiger partial charge on any atom is -0.457 e. The summed E-state index contributed by atoms with van der Waals surface area (Å²) in [5.74, 6) is 0.958. The van der Waals surface area contributed by atoms with Gasteiger partial charge in [-0.25, -0.2) is 4.79 Å². The Morgan fingerprint density at radius 2 is 1.49 bits per heavy atom. The molecule has 184 valence electrons. The molecule has 4 amide bonds. The van der Waals surface area contributed by atoms with Crippen molar-refractivity contribution in [3.63, 3.8) is 0 Å². The van der Waals surface area contributed by atoms with Crippen molar-refractivity contribution in [1.29, 1.82) is 0 Å². The van der Waals surface area contributed by atoms with E-state index in [1.807, 2.05) is 30.3 Å². The molecule has 7 nitrogen and oxygen atoms in total. The molecular weight excluding hydrogens is 442 g/mol. The Morgan fingerprint density at radius 1 is 0.829 bits per heavy atom. The highest BCUT2D eigenvalue weighted by Gasteiger charge is 2.49. The van der Waals surface area contributed by atoms with Gasteiger partial charge in [0, 0.05) is 17.8 Å². The molecule has 2 aliphatic carbocycles. The fourth-order valence-corrected chi connectivity index (χ4v) is 5.77. The van der Waals surface area contributed by atoms with Crippen molar-refractivity contribution in [1.82, 2.24) is 9.80 Å². The SMILES string of the molecule is O=C(CN1C(=O)N(C2CCCCC2)C(=O)C2CCCCC21)Nc1ccc(Oc2ccccc2)cc1. The van der Waals surface area contributed by atoms with Crippen molar-refractivity contribution in [3.05, 3.63) is 54.6 Å². The second-order valence-electron chi connectivity index (χ2n) is 9.86. The van der Waals surface area contributed by atoms with Crippen LogP contribution in [0, 0.1) is 5.92 Å². The number of urea groups is 1. The molecule has 2 aromatic carbocycles. The number of nitrogens with one attached hydrogen (secondary N) is 1. The number of carbonyl (C=O) groups excluding carboxylic acids is 3. The maximum atomic E-state index is 13.5. The van der Waals surface area contributed by atoms with Crippen LogP contribution in [0.1, 0.15) is 57.8 Å². The molecule has 0 spiro atoms. The minimum atomic E-state index is -0.285. The molecule has 3 fully saturated rings. The van der Waals surface area contributed by atoms with Crippen LogP contribution in [0.3, 0.4) is 0 Å². The first-order valence-electron chi connectivity index (χ1n) is 12.9. The molecule has 3 aliphatic rings. The highest BCUT2D eigenvalue weighted by molar-refractivity contribution is 6.02. The van der Waals surface area contributed by atoms with Gasteiger partial charge in [-0.15, -0.1) is 0 Å². The van der Waals surface area contributed by atoms with Gasteiger partial charge in [-0.2, -0.15) is 0 Å². The topological polar surface area (TPSA) is 79.0 Å². The lowest BCUT2D eigenvalue weighted by Gasteiger charge is -2.49. The number of fused-ring (bicyclic) bond motifs is 1. The molecule has 7 heteroatoms. The Hall–Kier alpha value is -3.35. The summed E-state index contributed by atoms with van der Waals surface area (Å²) in [6, 6.07) is 16.2. The van der Waals surface area contributed by atoms with E-state index >= 15 is 0 Å². The average Bonchev–Trinajstić information content (AvgIpc) is 2.89. The molecule has 1 heterocycles. The first kappa shape index (κ1) is 23.4. The quantitative estimate of drug-likeness (QED) is 0.592. The third kappa shape index (κ3) is 5.19. The van der Waals surface area contributed by atoms with Gasteiger partial charge >= 0.3 is 6.03 Å². The Kier molecular flexibility index (Phi) is 7.02. The molecule has 2 saturated carbocycles. The summed E-state index contributed by atoms with van der Waals surface area (Å²) in [5.41, 5.74) is 0.639. The summed E-state index contributed by atoms with van der Waals surface area (Å²) in [5, 5.41) is 2.91. The summed E-state index contributed by atoms with van der Waals surface area (Å²) in [6.45, 7) is -0.0429. The van der Waals surface area contributed by atoms with Crippen molar-refractivity contribution < 1.29 is 19.1 Å². The van der Waals surface area contributed by atoms with Crippen LogP contribution >= 0.6 is 0 Å².